The number of fused-ring (bicyclic) bond motifs is 5. The number of hydrogen-bond donors (Lipinski definition) is 1. The van der Waals surface area contributed by atoms with E-state index in [1.54, 1.807) is 39.2 Å². The minimum atomic E-state index is -0.245. The van der Waals surface area contributed by atoms with Crippen molar-refractivity contribution in [2.45, 2.75) is 39.7 Å². The fraction of sp³-hybridized carbons (Fsp3) is 0.548. The maximum atomic E-state index is 13.4. The number of benzene rings is 1. The lowest BCUT2D eigenvalue weighted by Crippen LogP contribution is -2.42. The standard InChI is InChI=1S/C31H42N6O6/c1-6-35-12-13-36(31(39)25-14-20(2)43-34-25)11-9-27(38)32-17-21-8-7-10-37(18-21)30-22(19-35)15-23-24(33-30)16-26(40-3)29(42-5)28(23)41-4/h14-16,21H,6-13,17-19H2,1-5H3,(H,32,38). The molecule has 0 spiro atoms. The molecule has 12 nitrogen and oxygen atoms in total. The van der Waals surface area contributed by atoms with Crippen LogP contribution >= 0.6 is 0 Å². The number of nitrogens with zero attached hydrogens (tertiary/aromatic N) is 5. The Morgan fingerprint density at radius 1 is 1.07 bits per heavy atom. The first kappa shape index (κ1) is 30.4. The Bertz CT molecular complexity index is 1460. The minimum absolute atomic E-state index is 0.0638. The summed E-state index contributed by atoms with van der Waals surface area (Å²) in [6.07, 6.45) is 2.25. The summed E-state index contributed by atoms with van der Waals surface area (Å²) >= 11 is 0. The van der Waals surface area contributed by atoms with Crippen molar-refractivity contribution in [3.63, 3.8) is 0 Å². The van der Waals surface area contributed by atoms with Crippen molar-refractivity contribution in [3.05, 3.63) is 35.2 Å². The van der Waals surface area contributed by atoms with Crippen LogP contribution in [0.4, 0.5) is 5.82 Å². The number of likely N-dealkylation sites (N-methyl/N-ethyl adjacent to an activating group) is 1. The first-order valence-electron chi connectivity index (χ1n) is 14.9. The molecule has 2 bridgehead atoms. The number of nitrogens with one attached hydrogen (secondary N) is 1. The Hall–Kier alpha value is -4.06. The molecule has 2 aliphatic heterocycles. The van der Waals surface area contributed by atoms with Gasteiger partial charge in [-0.2, -0.15) is 0 Å². The number of ether oxygens (including phenoxy) is 3. The fourth-order valence-corrected chi connectivity index (χ4v) is 6.02. The smallest absolute Gasteiger partial charge is 0.276 e. The van der Waals surface area contributed by atoms with E-state index >= 15 is 0 Å². The van der Waals surface area contributed by atoms with Gasteiger partial charge in [-0.05, 0) is 38.3 Å². The molecule has 2 aliphatic rings. The molecular weight excluding hydrogens is 552 g/mol. The second-order valence-corrected chi connectivity index (χ2v) is 11.2. The highest BCUT2D eigenvalue weighted by atomic mass is 16.5. The topological polar surface area (TPSA) is 123 Å². The quantitative estimate of drug-likeness (QED) is 0.471. The molecule has 4 heterocycles. The van der Waals surface area contributed by atoms with Gasteiger partial charge in [0.05, 0.1) is 26.8 Å². The SMILES string of the molecule is CCN1CCN(C(=O)c2cc(C)on2)CCC(=O)NCC2CCCN(C2)c2nc3cc(OC)c(OC)c(OC)c3cc2C1. The van der Waals surface area contributed by atoms with E-state index in [0.29, 0.717) is 55.7 Å². The summed E-state index contributed by atoms with van der Waals surface area (Å²) in [5, 5.41) is 7.88. The van der Waals surface area contributed by atoms with E-state index in [1.165, 1.54) is 0 Å². The number of carbonyl (C=O) groups excluding carboxylic acids is 2. The third-order valence-corrected chi connectivity index (χ3v) is 8.36. The van der Waals surface area contributed by atoms with Crippen LogP contribution in [0.25, 0.3) is 10.9 Å². The van der Waals surface area contributed by atoms with Gasteiger partial charge in [-0.3, -0.25) is 14.5 Å². The Labute approximate surface area is 252 Å². The summed E-state index contributed by atoms with van der Waals surface area (Å²) in [7, 11) is 4.82. The van der Waals surface area contributed by atoms with Crippen LogP contribution < -0.4 is 24.4 Å². The van der Waals surface area contributed by atoms with Gasteiger partial charge in [-0.1, -0.05) is 12.1 Å². The molecule has 1 atom stereocenters. The van der Waals surface area contributed by atoms with Crippen LogP contribution in [-0.4, -0.2) is 98.9 Å². The number of methoxy groups -OCH3 is 3. The van der Waals surface area contributed by atoms with Gasteiger partial charge in [0.2, 0.25) is 11.7 Å². The van der Waals surface area contributed by atoms with Crippen LogP contribution in [0, 0.1) is 12.8 Å². The van der Waals surface area contributed by atoms with Crippen molar-refractivity contribution < 1.29 is 28.3 Å². The molecule has 5 rings (SSSR count). The van der Waals surface area contributed by atoms with E-state index in [-0.39, 0.29) is 29.8 Å². The van der Waals surface area contributed by atoms with Crippen molar-refractivity contribution >= 4 is 28.5 Å². The number of rotatable bonds is 5. The average Bonchev–Trinajstić information content (AvgIpc) is 3.47. The molecule has 3 aromatic rings. The van der Waals surface area contributed by atoms with Crippen molar-refractivity contribution in [1.82, 2.24) is 25.3 Å². The highest BCUT2D eigenvalue weighted by Gasteiger charge is 2.28. The molecule has 12 heteroatoms. The number of carbonyl (C=O) groups is 2. The lowest BCUT2D eigenvalue weighted by molar-refractivity contribution is -0.121. The van der Waals surface area contributed by atoms with Gasteiger partial charge in [0.15, 0.2) is 17.2 Å². The molecule has 2 amide bonds. The van der Waals surface area contributed by atoms with Gasteiger partial charge in [-0.15, -0.1) is 0 Å². The van der Waals surface area contributed by atoms with E-state index in [0.717, 1.165) is 54.8 Å². The van der Waals surface area contributed by atoms with E-state index in [2.05, 4.69) is 33.3 Å². The number of hydrogen-bond acceptors (Lipinski definition) is 10. The predicted octanol–water partition coefficient (Wildman–Crippen LogP) is 3.26. The molecule has 0 saturated carbocycles. The van der Waals surface area contributed by atoms with Crippen molar-refractivity contribution in [2.24, 2.45) is 5.92 Å². The lowest BCUT2D eigenvalue weighted by atomic mass is 9.97. The summed E-state index contributed by atoms with van der Waals surface area (Å²) in [6, 6.07) is 5.67. The monoisotopic (exact) mass is 594 g/mol. The molecule has 0 aliphatic carbocycles. The third kappa shape index (κ3) is 6.64. The van der Waals surface area contributed by atoms with Crippen LogP contribution in [0.1, 0.15) is 48.0 Å². The number of anilines is 1. The first-order valence-corrected chi connectivity index (χ1v) is 14.9. The van der Waals surface area contributed by atoms with Crippen LogP contribution in [-0.2, 0) is 11.3 Å². The van der Waals surface area contributed by atoms with Gasteiger partial charge < -0.3 is 33.9 Å². The number of amides is 2. The zero-order valence-corrected chi connectivity index (χ0v) is 25.8. The Morgan fingerprint density at radius 2 is 1.88 bits per heavy atom. The van der Waals surface area contributed by atoms with Crippen molar-refractivity contribution in [3.8, 4) is 17.2 Å². The summed E-state index contributed by atoms with van der Waals surface area (Å²) in [5.74, 6) is 3.11. The number of aryl methyl sites for hydroxylation is 1. The van der Waals surface area contributed by atoms with E-state index < -0.39 is 0 Å². The normalized spacial score (nSPS) is 18.8. The Morgan fingerprint density at radius 3 is 2.58 bits per heavy atom. The Kier molecular flexibility index (Phi) is 9.54. The maximum absolute atomic E-state index is 13.4. The zero-order valence-electron chi connectivity index (χ0n) is 25.8. The van der Waals surface area contributed by atoms with E-state index in [1.807, 2.05) is 6.07 Å². The van der Waals surface area contributed by atoms with Crippen LogP contribution in [0.5, 0.6) is 17.2 Å². The van der Waals surface area contributed by atoms with Gasteiger partial charge in [-0.25, -0.2) is 4.98 Å². The van der Waals surface area contributed by atoms with E-state index in [4.69, 9.17) is 23.7 Å². The van der Waals surface area contributed by atoms with Crippen LogP contribution in [0.3, 0.4) is 0 Å². The number of aromatic nitrogens is 2. The van der Waals surface area contributed by atoms with Gasteiger partial charge in [0.1, 0.15) is 11.6 Å². The fourth-order valence-electron chi connectivity index (χ4n) is 6.02. The summed E-state index contributed by atoms with van der Waals surface area (Å²) in [4.78, 5) is 37.8. The minimum Gasteiger partial charge on any atom is -0.493 e. The molecule has 1 saturated heterocycles. The number of pyridine rings is 1. The zero-order chi connectivity index (χ0) is 30.5. The second kappa shape index (κ2) is 13.5. The molecular formula is C31H42N6O6. The third-order valence-electron chi connectivity index (χ3n) is 8.36. The van der Waals surface area contributed by atoms with Gasteiger partial charge in [0, 0.05) is 75.3 Å². The summed E-state index contributed by atoms with van der Waals surface area (Å²) < 4.78 is 22.3. The highest BCUT2D eigenvalue weighted by molar-refractivity contribution is 5.93. The van der Waals surface area contributed by atoms with Gasteiger partial charge in [0.25, 0.3) is 5.91 Å². The first-order chi connectivity index (χ1) is 20.8. The van der Waals surface area contributed by atoms with Crippen molar-refractivity contribution in [2.75, 3.05) is 72.0 Å². The predicted molar refractivity (Wildman–Crippen MR) is 162 cm³/mol. The molecule has 1 N–H and O–H groups in total. The highest BCUT2D eigenvalue weighted by Crippen LogP contribution is 2.44. The lowest BCUT2D eigenvalue weighted by Gasteiger charge is -2.35. The maximum Gasteiger partial charge on any atom is 0.276 e. The molecule has 1 fully saturated rings. The van der Waals surface area contributed by atoms with Gasteiger partial charge >= 0.3 is 0 Å². The summed E-state index contributed by atoms with van der Waals surface area (Å²) in [5.41, 5.74) is 2.06. The Balaban J connectivity index is 1.55. The molecule has 1 aromatic carbocycles. The largest absolute Gasteiger partial charge is 0.493 e. The van der Waals surface area contributed by atoms with Crippen LogP contribution in [0.15, 0.2) is 22.7 Å². The molecule has 0 radical (unpaired) electrons. The molecule has 2 aromatic heterocycles. The van der Waals surface area contributed by atoms with Crippen LogP contribution in [0.2, 0.25) is 0 Å². The average molecular weight is 595 g/mol. The molecule has 43 heavy (non-hydrogen) atoms. The molecule has 232 valence electrons. The van der Waals surface area contributed by atoms with Crippen molar-refractivity contribution in [1.29, 1.82) is 0 Å². The van der Waals surface area contributed by atoms with E-state index in [9.17, 15) is 9.59 Å². The number of piperidine rings is 1. The summed E-state index contributed by atoms with van der Waals surface area (Å²) in [6.45, 7) is 8.82. The molecule has 1 unspecified atom stereocenters. The second-order valence-electron chi connectivity index (χ2n) is 11.2.